The molecule has 0 bridgehead atoms. The molecular formula is C16H21N3. The van der Waals surface area contributed by atoms with Crippen LogP contribution in [0.1, 0.15) is 24.8 Å². The number of nitrogens with zero attached hydrogens (tertiary/aromatic N) is 3. The van der Waals surface area contributed by atoms with E-state index < -0.39 is 0 Å². The molecule has 0 aromatic heterocycles. The molecule has 1 heterocycles. The van der Waals surface area contributed by atoms with Crippen LogP contribution in [0.25, 0.3) is 0 Å². The van der Waals surface area contributed by atoms with E-state index in [9.17, 15) is 5.26 Å². The molecule has 1 aliphatic heterocycles. The fourth-order valence-corrected chi connectivity index (χ4v) is 3.19. The van der Waals surface area contributed by atoms with Crippen molar-refractivity contribution in [1.29, 1.82) is 5.26 Å². The predicted octanol–water partition coefficient (Wildman–Crippen LogP) is 2.25. The molecular weight excluding hydrogens is 234 g/mol. The van der Waals surface area contributed by atoms with E-state index in [0.29, 0.717) is 0 Å². The van der Waals surface area contributed by atoms with Gasteiger partial charge in [-0.1, -0.05) is 30.3 Å². The van der Waals surface area contributed by atoms with Crippen molar-refractivity contribution < 1.29 is 0 Å². The summed E-state index contributed by atoms with van der Waals surface area (Å²) in [4.78, 5) is 4.91. The predicted molar refractivity (Wildman–Crippen MR) is 75.5 cm³/mol. The maximum absolute atomic E-state index is 9.38. The molecule has 3 rings (SSSR count). The zero-order valence-corrected chi connectivity index (χ0v) is 11.4. The minimum Gasteiger partial charge on any atom is -0.297 e. The number of nitriles is 1. The minimum atomic E-state index is -0.112. The molecule has 1 aromatic rings. The van der Waals surface area contributed by atoms with Crippen molar-refractivity contribution in [3.63, 3.8) is 0 Å². The first-order chi connectivity index (χ1) is 9.32. The normalized spacial score (nSPS) is 23.5. The van der Waals surface area contributed by atoms with E-state index in [1.165, 1.54) is 12.0 Å². The quantitative estimate of drug-likeness (QED) is 0.830. The molecule has 2 fully saturated rings. The molecule has 1 aliphatic carbocycles. The Morgan fingerprint density at radius 2 is 1.74 bits per heavy atom. The first kappa shape index (κ1) is 12.7. The molecule has 1 aromatic carbocycles. The van der Waals surface area contributed by atoms with Crippen LogP contribution in [0.3, 0.4) is 0 Å². The highest BCUT2D eigenvalue weighted by Gasteiger charge is 2.43. The van der Waals surface area contributed by atoms with Crippen LogP contribution in [0.15, 0.2) is 30.3 Å². The zero-order chi connectivity index (χ0) is 13.1. The minimum absolute atomic E-state index is 0.112. The number of rotatable bonds is 3. The Morgan fingerprint density at radius 3 is 2.26 bits per heavy atom. The summed E-state index contributed by atoms with van der Waals surface area (Å²) in [6, 6.07) is 13.2. The Bertz CT molecular complexity index is 451. The number of benzene rings is 1. The standard InChI is InChI=1S/C16H21N3/c17-14-16(7-4-8-16)19-11-9-18(10-12-19)13-15-5-2-1-3-6-15/h1-3,5-6H,4,7-13H2. The van der Waals surface area contributed by atoms with E-state index in [4.69, 9.17) is 0 Å². The molecule has 0 spiro atoms. The lowest BCUT2D eigenvalue weighted by Gasteiger charge is -2.48. The smallest absolute Gasteiger partial charge is 0.109 e. The summed E-state index contributed by atoms with van der Waals surface area (Å²) in [5.74, 6) is 0. The van der Waals surface area contributed by atoms with Gasteiger partial charge in [-0.3, -0.25) is 9.80 Å². The van der Waals surface area contributed by atoms with Crippen LogP contribution in [0.2, 0.25) is 0 Å². The third-order valence-corrected chi connectivity index (χ3v) is 4.62. The first-order valence-electron chi connectivity index (χ1n) is 7.25. The molecule has 3 heteroatoms. The van der Waals surface area contributed by atoms with Gasteiger partial charge in [0.25, 0.3) is 0 Å². The van der Waals surface area contributed by atoms with Gasteiger partial charge in [-0.05, 0) is 24.8 Å². The lowest BCUT2D eigenvalue weighted by Crippen LogP contribution is -2.59. The summed E-state index contributed by atoms with van der Waals surface area (Å²) in [5, 5.41) is 9.38. The maximum Gasteiger partial charge on any atom is 0.109 e. The Labute approximate surface area is 115 Å². The lowest BCUT2D eigenvalue weighted by atomic mass is 9.76. The van der Waals surface area contributed by atoms with Crippen LogP contribution < -0.4 is 0 Å². The second-order valence-electron chi connectivity index (χ2n) is 5.75. The fraction of sp³-hybridized carbons (Fsp3) is 0.562. The van der Waals surface area contributed by atoms with Gasteiger partial charge in [-0.2, -0.15) is 5.26 Å². The monoisotopic (exact) mass is 255 g/mol. The van der Waals surface area contributed by atoms with Gasteiger partial charge in [-0.25, -0.2) is 0 Å². The van der Waals surface area contributed by atoms with Crippen molar-refractivity contribution in [2.45, 2.75) is 31.3 Å². The van der Waals surface area contributed by atoms with E-state index in [0.717, 1.165) is 45.6 Å². The molecule has 100 valence electrons. The Hall–Kier alpha value is -1.37. The molecule has 0 atom stereocenters. The topological polar surface area (TPSA) is 30.3 Å². The van der Waals surface area contributed by atoms with E-state index in [1.807, 2.05) is 0 Å². The van der Waals surface area contributed by atoms with Crippen LogP contribution in [-0.2, 0) is 6.54 Å². The Balaban J connectivity index is 1.54. The van der Waals surface area contributed by atoms with Crippen molar-refractivity contribution in [1.82, 2.24) is 9.80 Å². The largest absolute Gasteiger partial charge is 0.297 e. The van der Waals surface area contributed by atoms with Gasteiger partial charge in [0.05, 0.1) is 6.07 Å². The molecule has 0 amide bonds. The van der Waals surface area contributed by atoms with Crippen LogP contribution in [0, 0.1) is 11.3 Å². The molecule has 0 radical (unpaired) electrons. The van der Waals surface area contributed by atoms with Gasteiger partial charge in [0.15, 0.2) is 0 Å². The highest BCUT2D eigenvalue weighted by molar-refractivity contribution is 5.16. The van der Waals surface area contributed by atoms with Gasteiger partial charge in [0, 0.05) is 32.7 Å². The third kappa shape index (κ3) is 2.51. The summed E-state index contributed by atoms with van der Waals surface area (Å²) < 4.78 is 0. The Kier molecular flexibility index (Phi) is 3.54. The summed E-state index contributed by atoms with van der Waals surface area (Å²) in [7, 11) is 0. The highest BCUT2D eigenvalue weighted by atomic mass is 15.3. The second-order valence-corrected chi connectivity index (χ2v) is 5.75. The average molecular weight is 255 g/mol. The molecule has 2 aliphatic rings. The summed E-state index contributed by atoms with van der Waals surface area (Å²) in [6.45, 7) is 5.28. The van der Waals surface area contributed by atoms with Gasteiger partial charge < -0.3 is 0 Å². The molecule has 19 heavy (non-hydrogen) atoms. The van der Waals surface area contributed by atoms with Crippen molar-refractivity contribution in [2.24, 2.45) is 0 Å². The van der Waals surface area contributed by atoms with Crippen LogP contribution in [0.4, 0.5) is 0 Å². The first-order valence-corrected chi connectivity index (χ1v) is 7.25. The highest BCUT2D eigenvalue weighted by Crippen LogP contribution is 2.37. The summed E-state index contributed by atoms with van der Waals surface area (Å²) in [5.41, 5.74) is 1.27. The molecule has 0 N–H and O–H groups in total. The van der Waals surface area contributed by atoms with Gasteiger partial charge >= 0.3 is 0 Å². The molecule has 3 nitrogen and oxygen atoms in total. The average Bonchev–Trinajstić information content (AvgIpc) is 2.41. The van der Waals surface area contributed by atoms with Crippen molar-refractivity contribution >= 4 is 0 Å². The number of hydrogen-bond donors (Lipinski definition) is 0. The lowest BCUT2D eigenvalue weighted by molar-refractivity contribution is 0.0168. The number of piperazine rings is 1. The van der Waals surface area contributed by atoms with E-state index in [2.05, 4.69) is 46.2 Å². The third-order valence-electron chi connectivity index (χ3n) is 4.62. The SMILES string of the molecule is N#CC1(N2CCN(Cc3ccccc3)CC2)CCC1. The van der Waals surface area contributed by atoms with Crippen molar-refractivity contribution in [3.8, 4) is 6.07 Å². The summed E-state index contributed by atoms with van der Waals surface area (Å²) >= 11 is 0. The van der Waals surface area contributed by atoms with Crippen molar-refractivity contribution in [3.05, 3.63) is 35.9 Å². The van der Waals surface area contributed by atoms with Gasteiger partial charge in [0.1, 0.15) is 5.54 Å². The fourth-order valence-electron chi connectivity index (χ4n) is 3.19. The summed E-state index contributed by atoms with van der Waals surface area (Å²) in [6.07, 6.45) is 3.36. The molecule has 1 saturated heterocycles. The maximum atomic E-state index is 9.38. The second kappa shape index (κ2) is 5.32. The number of hydrogen-bond acceptors (Lipinski definition) is 3. The van der Waals surface area contributed by atoms with Crippen LogP contribution in [-0.4, -0.2) is 41.5 Å². The van der Waals surface area contributed by atoms with E-state index >= 15 is 0 Å². The Morgan fingerprint density at radius 1 is 1.05 bits per heavy atom. The molecule has 0 unspecified atom stereocenters. The van der Waals surface area contributed by atoms with Crippen LogP contribution in [0.5, 0.6) is 0 Å². The zero-order valence-electron chi connectivity index (χ0n) is 11.4. The van der Waals surface area contributed by atoms with E-state index in [1.54, 1.807) is 0 Å². The van der Waals surface area contributed by atoms with Crippen molar-refractivity contribution in [2.75, 3.05) is 26.2 Å². The van der Waals surface area contributed by atoms with Crippen LogP contribution >= 0.6 is 0 Å². The van der Waals surface area contributed by atoms with E-state index in [-0.39, 0.29) is 5.54 Å². The van der Waals surface area contributed by atoms with Gasteiger partial charge in [0.2, 0.25) is 0 Å². The van der Waals surface area contributed by atoms with Gasteiger partial charge in [-0.15, -0.1) is 0 Å². The molecule has 1 saturated carbocycles.